The Hall–Kier alpha value is -1.37. The lowest BCUT2D eigenvalue weighted by Crippen LogP contribution is -2.15. The van der Waals surface area contributed by atoms with E-state index in [0.717, 1.165) is 11.1 Å². The molecule has 0 aliphatic rings. The van der Waals surface area contributed by atoms with Crippen molar-refractivity contribution >= 4 is 27.0 Å². The number of sulfonamides is 1. The maximum absolute atomic E-state index is 12.4. The molecular formula is C13H16N2O2S2. The molecule has 0 saturated heterocycles. The van der Waals surface area contributed by atoms with Crippen molar-refractivity contribution in [3.05, 3.63) is 45.6 Å². The molecule has 4 nitrogen and oxygen atoms in total. The number of aryl methyl sites for hydroxylation is 2. The number of hydrogen-bond donors (Lipinski definition) is 2. The molecule has 1 aromatic carbocycles. The van der Waals surface area contributed by atoms with Gasteiger partial charge in [0.15, 0.2) is 0 Å². The van der Waals surface area contributed by atoms with Gasteiger partial charge in [0.2, 0.25) is 0 Å². The van der Waals surface area contributed by atoms with E-state index in [0.29, 0.717) is 15.5 Å². The summed E-state index contributed by atoms with van der Waals surface area (Å²) in [7, 11) is -3.58. The van der Waals surface area contributed by atoms with Gasteiger partial charge in [0.05, 0.1) is 0 Å². The van der Waals surface area contributed by atoms with Crippen molar-refractivity contribution in [2.45, 2.75) is 25.3 Å². The fraction of sp³-hybridized carbons (Fsp3) is 0.231. The summed E-state index contributed by atoms with van der Waals surface area (Å²) in [4.78, 5) is 0.985. The molecule has 102 valence electrons. The minimum absolute atomic E-state index is 0.225. The Bertz CT molecular complexity index is 690. The molecule has 0 saturated carbocycles. The van der Waals surface area contributed by atoms with Gasteiger partial charge in [0.25, 0.3) is 10.0 Å². The van der Waals surface area contributed by atoms with E-state index in [9.17, 15) is 8.42 Å². The van der Waals surface area contributed by atoms with Crippen LogP contribution in [0.3, 0.4) is 0 Å². The Morgan fingerprint density at radius 1 is 1.32 bits per heavy atom. The van der Waals surface area contributed by atoms with Crippen LogP contribution in [0.1, 0.15) is 16.0 Å². The van der Waals surface area contributed by atoms with Gasteiger partial charge in [-0.1, -0.05) is 12.1 Å². The van der Waals surface area contributed by atoms with Crippen molar-refractivity contribution in [2.24, 2.45) is 5.73 Å². The first-order valence-electron chi connectivity index (χ1n) is 5.80. The summed E-state index contributed by atoms with van der Waals surface area (Å²) >= 11 is 1.37. The van der Waals surface area contributed by atoms with Gasteiger partial charge in [-0.2, -0.15) is 0 Å². The highest BCUT2D eigenvalue weighted by Gasteiger charge is 2.22. The first-order valence-corrected chi connectivity index (χ1v) is 8.17. The van der Waals surface area contributed by atoms with Crippen LogP contribution in [-0.2, 0) is 16.6 Å². The van der Waals surface area contributed by atoms with Gasteiger partial charge in [-0.15, -0.1) is 11.3 Å². The minimum Gasteiger partial charge on any atom is -0.326 e. The van der Waals surface area contributed by atoms with Crippen molar-refractivity contribution in [1.29, 1.82) is 0 Å². The molecular weight excluding hydrogens is 280 g/mol. The van der Waals surface area contributed by atoms with E-state index in [4.69, 9.17) is 5.73 Å². The van der Waals surface area contributed by atoms with Crippen LogP contribution >= 0.6 is 11.3 Å². The number of anilines is 1. The number of rotatable bonds is 4. The third kappa shape index (κ3) is 2.97. The summed E-state index contributed by atoms with van der Waals surface area (Å²) in [6, 6.07) is 7.26. The van der Waals surface area contributed by atoms with Crippen LogP contribution in [0, 0.1) is 13.8 Å². The van der Waals surface area contributed by atoms with Gasteiger partial charge in [-0.3, -0.25) is 4.72 Å². The normalized spacial score (nSPS) is 11.5. The Morgan fingerprint density at radius 2 is 2.05 bits per heavy atom. The maximum Gasteiger partial charge on any atom is 0.263 e. The molecule has 0 bridgehead atoms. The summed E-state index contributed by atoms with van der Waals surface area (Å²) in [6.07, 6.45) is 0. The van der Waals surface area contributed by atoms with Crippen molar-refractivity contribution in [3.8, 4) is 0 Å². The number of hydrogen-bond acceptors (Lipinski definition) is 4. The molecule has 0 spiro atoms. The minimum atomic E-state index is -3.58. The predicted octanol–water partition coefficient (Wildman–Crippen LogP) is 2.62. The monoisotopic (exact) mass is 296 g/mol. The van der Waals surface area contributed by atoms with E-state index in [1.807, 2.05) is 24.4 Å². The zero-order chi connectivity index (χ0) is 14.0. The number of benzene rings is 1. The SMILES string of the molecule is Cc1cccc(NS(=O)(=O)c2c(C)csc2CN)c1. The molecule has 1 heterocycles. The predicted molar refractivity (Wildman–Crippen MR) is 78.9 cm³/mol. The van der Waals surface area contributed by atoms with Gasteiger partial charge in [-0.25, -0.2) is 8.42 Å². The summed E-state index contributed by atoms with van der Waals surface area (Å²) in [6.45, 7) is 3.92. The van der Waals surface area contributed by atoms with E-state index >= 15 is 0 Å². The van der Waals surface area contributed by atoms with Crippen molar-refractivity contribution < 1.29 is 8.42 Å². The lowest BCUT2D eigenvalue weighted by molar-refractivity contribution is 0.600. The zero-order valence-electron chi connectivity index (χ0n) is 10.8. The fourth-order valence-electron chi connectivity index (χ4n) is 1.90. The second-order valence-corrected chi connectivity index (χ2v) is 6.93. The molecule has 0 aliphatic heterocycles. The number of thiophene rings is 1. The fourth-order valence-corrected chi connectivity index (χ4v) is 4.66. The molecule has 19 heavy (non-hydrogen) atoms. The Balaban J connectivity index is 2.40. The molecule has 0 radical (unpaired) electrons. The highest BCUT2D eigenvalue weighted by molar-refractivity contribution is 7.93. The lowest BCUT2D eigenvalue weighted by Gasteiger charge is -2.10. The zero-order valence-corrected chi connectivity index (χ0v) is 12.4. The standard InChI is InChI=1S/C13H16N2O2S2/c1-9-4-3-5-11(6-9)15-19(16,17)13-10(2)8-18-12(13)7-14/h3-6,8,15H,7,14H2,1-2H3. The average Bonchev–Trinajstić information content (AvgIpc) is 2.70. The molecule has 0 aliphatic carbocycles. The van der Waals surface area contributed by atoms with Crippen LogP contribution in [0.15, 0.2) is 34.5 Å². The van der Waals surface area contributed by atoms with Gasteiger partial charge < -0.3 is 5.73 Å². The highest BCUT2D eigenvalue weighted by atomic mass is 32.2. The van der Waals surface area contributed by atoms with E-state index in [2.05, 4.69) is 4.72 Å². The number of nitrogens with one attached hydrogen (secondary N) is 1. The van der Waals surface area contributed by atoms with Crippen LogP contribution in [-0.4, -0.2) is 8.42 Å². The largest absolute Gasteiger partial charge is 0.326 e. The van der Waals surface area contributed by atoms with E-state index in [1.54, 1.807) is 19.1 Å². The molecule has 6 heteroatoms. The second-order valence-electron chi connectivity index (χ2n) is 4.35. The summed E-state index contributed by atoms with van der Waals surface area (Å²) in [5.74, 6) is 0. The van der Waals surface area contributed by atoms with Crippen molar-refractivity contribution in [2.75, 3.05) is 4.72 Å². The summed E-state index contributed by atoms with van der Waals surface area (Å²) < 4.78 is 27.4. The third-order valence-corrected chi connectivity index (χ3v) is 5.58. The van der Waals surface area contributed by atoms with Crippen molar-refractivity contribution in [3.63, 3.8) is 0 Å². The molecule has 1 aromatic heterocycles. The highest BCUT2D eigenvalue weighted by Crippen LogP contribution is 2.28. The van der Waals surface area contributed by atoms with Crippen LogP contribution in [0.4, 0.5) is 5.69 Å². The van der Waals surface area contributed by atoms with Crippen LogP contribution in [0.25, 0.3) is 0 Å². The molecule has 2 rings (SSSR count). The summed E-state index contributed by atoms with van der Waals surface area (Å²) in [5.41, 5.74) is 7.89. The first-order chi connectivity index (χ1) is 8.94. The Kier molecular flexibility index (Phi) is 3.93. The second kappa shape index (κ2) is 5.32. The maximum atomic E-state index is 12.4. The molecule has 0 unspecified atom stereocenters. The number of nitrogens with two attached hydrogens (primary N) is 1. The quantitative estimate of drug-likeness (QED) is 0.911. The smallest absolute Gasteiger partial charge is 0.263 e. The topological polar surface area (TPSA) is 72.2 Å². The first kappa shape index (κ1) is 14.0. The molecule has 3 N–H and O–H groups in total. The Labute approximate surface area is 117 Å². The van der Waals surface area contributed by atoms with Gasteiger partial charge in [0.1, 0.15) is 4.90 Å². The van der Waals surface area contributed by atoms with E-state index in [-0.39, 0.29) is 6.54 Å². The Morgan fingerprint density at radius 3 is 2.68 bits per heavy atom. The van der Waals surface area contributed by atoms with Gasteiger partial charge in [0, 0.05) is 17.1 Å². The average molecular weight is 296 g/mol. The van der Waals surface area contributed by atoms with E-state index in [1.165, 1.54) is 11.3 Å². The third-order valence-electron chi connectivity index (χ3n) is 2.71. The van der Waals surface area contributed by atoms with Gasteiger partial charge >= 0.3 is 0 Å². The van der Waals surface area contributed by atoms with E-state index < -0.39 is 10.0 Å². The lowest BCUT2D eigenvalue weighted by atomic mass is 10.2. The molecule has 0 fully saturated rings. The summed E-state index contributed by atoms with van der Waals surface area (Å²) in [5, 5.41) is 1.81. The molecule has 0 atom stereocenters. The van der Waals surface area contributed by atoms with Crippen LogP contribution in [0.2, 0.25) is 0 Å². The van der Waals surface area contributed by atoms with Crippen molar-refractivity contribution in [1.82, 2.24) is 0 Å². The van der Waals surface area contributed by atoms with Gasteiger partial charge in [-0.05, 0) is 42.5 Å². The molecule has 2 aromatic rings. The van der Waals surface area contributed by atoms with Crippen LogP contribution in [0.5, 0.6) is 0 Å². The van der Waals surface area contributed by atoms with Crippen LogP contribution < -0.4 is 10.5 Å². The molecule has 0 amide bonds.